The summed E-state index contributed by atoms with van der Waals surface area (Å²) in [7, 11) is 0. The Kier molecular flexibility index (Phi) is 6.38. The van der Waals surface area contributed by atoms with E-state index in [0.29, 0.717) is 30.5 Å². The second-order valence-electron chi connectivity index (χ2n) is 6.12. The molecule has 1 atom stereocenters. The van der Waals surface area contributed by atoms with Gasteiger partial charge in [-0.2, -0.15) is 0 Å². The molecular formula is C20H22N2O4. The largest absolute Gasteiger partial charge is 0.480 e. The van der Waals surface area contributed by atoms with Crippen molar-refractivity contribution < 1.29 is 19.5 Å². The predicted octanol–water partition coefficient (Wildman–Crippen LogP) is 2.01. The number of carbonyl (C=O) groups excluding carboxylic acids is 2. The molecule has 6 heteroatoms. The molecule has 0 saturated carbocycles. The molecule has 0 unspecified atom stereocenters. The van der Waals surface area contributed by atoms with E-state index in [0.717, 1.165) is 0 Å². The van der Waals surface area contributed by atoms with Gasteiger partial charge in [0.1, 0.15) is 0 Å². The zero-order chi connectivity index (χ0) is 19.2. The van der Waals surface area contributed by atoms with Crippen molar-refractivity contribution in [3.63, 3.8) is 0 Å². The van der Waals surface area contributed by atoms with Crippen LogP contribution in [0.1, 0.15) is 45.5 Å². The highest BCUT2D eigenvalue weighted by Gasteiger charge is 2.41. The SMILES string of the molecule is NCCCC[C@@](N)(C(=O)O)C(=O)c1ccc(C(=O)c2ccccc2)cc1. The van der Waals surface area contributed by atoms with Crippen molar-refractivity contribution in [3.8, 4) is 0 Å². The van der Waals surface area contributed by atoms with Gasteiger partial charge in [0, 0.05) is 16.7 Å². The van der Waals surface area contributed by atoms with Crippen LogP contribution in [0.5, 0.6) is 0 Å². The van der Waals surface area contributed by atoms with E-state index in [-0.39, 0.29) is 17.8 Å². The molecule has 2 aromatic carbocycles. The maximum Gasteiger partial charge on any atom is 0.331 e. The second-order valence-corrected chi connectivity index (χ2v) is 6.12. The first-order chi connectivity index (χ1) is 12.4. The van der Waals surface area contributed by atoms with Crippen LogP contribution in [0.2, 0.25) is 0 Å². The summed E-state index contributed by atoms with van der Waals surface area (Å²) in [5, 5.41) is 9.42. The Labute approximate surface area is 151 Å². The van der Waals surface area contributed by atoms with Gasteiger partial charge in [-0.3, -0.25) is 9.59 Å². The summed E-state index contributed by atoms with van der Waals surface area (Å²) in [4.78, 5) is 36.6. The van der Waals surface area contributed by atoms with Crippen molar-refractivity contribution in [1.29, 1.82) is 0 Å². The summed E-state index contributed by atoms with van der Waals surface area (Å²) in [5.41, 5.74) is 10.4. The highest BCUT2D eigenvalue weighted by Crippen LogP contribution is 2.20. The van der Waals surface area contributed by atoms with Gasteiger partial charge >= 0.3 is 5.97 Å². The van der Waals surface area contributed by atoms with E-state index < -0.39 is 17.3 Å². The molecule has 5 N–H and O–H groups in total. The second kappa shape index (κ2) is 8.51. The van der Waals surface area contributed by atoms with Crippen LogP contribution < -0.4 is 11.5 Å². The third-order valence-corrected chi connectivity index (χ3v) is 4.26. The number of nitrogens with two attached hydrogens (primary N) is 2. The summed E-state index contributed by atoms with van der Waals surface area (Å²) in [6.07, 6.45) is 1.03. The lowest BCUT2D eigenvalue weighted by molar-refractivity contribution is -0.141. The minimum atomic E-state index is -2.00. The molecule has 136 valence electrons. The third-order valence-electron chi connectivity index (χ3n) is 4.26. The van der Waals surface area contributed by atoms with Crippen LogP contribution in [-0.2, 0) is 4.79 Å². The van der Waals surface area contributed by atoms with Crippen LogP contribution in [0, 0.1) is 0 Å². The van der Waals surface area contributed by atoms with E-state index in [1.807, 2.05) is 6.07 Å². The number of unbranched alkanes of at least 4 members (excludes halogenated alkanes) is 1. The molecule has 0 heterocycles. The zero-order valence-corrected chi connectivity index (χ0v) is 14.4. The smallest absolute Gasteiger partial charge is 0.331 e. The van der Waals surface area contributed by atoms with Gasteiger partial charge in [-0.25, -0.2) is 4.79 Å². The van der Waals surface area contributed by atoms with E-state index in [9.17, 15) is 19.5 Å². The normalized spacial score (nSPS) is 13.0. The predicted molar refractivity (Wildman–Crippen MR) is 98.1 cm³/mol. The fourth-order valence-electron chi connectivity index (χ4n) is 2.65. The van der Waals surface area contributed by atoms with E-state index in [4.69, 9.17) is 11.5 Å². The van der Waals surface area contributed by atoms with Gasteiger partial charge in [-0.1, -0.05) is 54.6 Å². The van der Waals surface area contributed by atoms with E-state index >= 15 is 0 Å². The van der Waals surface area contributed by atoms with Crippen LogP contribution in [0.4, 0.5) is 0 Å². The zero-order valence-electron chi connectivity index (χ0n) is 14.4. The molecule has 0 aliphatic rings. The number of hydrogen-bond donors (Lipinski definition) is 3. The number of carbonyl (C=O) groups is 3. The lowest BCUT2D eigenvalue weighted by Crippen LogP contribution is -2.55. The van der Waals surface area contributed by atoms with Gasteiger partial charge in [-0.05, 0) is 25.8 Å². The van der Waals surface area contributed by atoms with E-state index in [2.05, 4.69) is 0 Å². The summed E-state index contributed by atoms with van der Waals surface area (Å²) in [5.74, 6) is -2.23. The Hall–Kier alpha value is -2.83. The Bertz CT molecular complexity index is 787. The van der Waals surface area contributed by atoms with Crippen LogP contribution in [0.15, 0.2) is 54.6 Å². The van der Waals surface area contributed by atoms with Crippen molar-refractivity contribution in [2.24, 2.45) is 11.5 Å². The Morgan fingerprint density at radius 1 is 0.846 bits per heavy atom. The van der Waals surface area contributed by atoms with Crippen molar-refractivity contribution in [3.05, 3.63) is 71.3 Å². The molecule has 0 bridgehead atoms. The molecular weight excluding hydrogens is 332 g/mol. The minimum absolute atomic E-state index is 0.00304. The number of carboxylic acid groups (broad SMARTS) is 1. The maximum absolute atomic E-state index is 12.6. The number of hydrogen-bond acceptors (Lipinski definition) is 5. The number of rotatable bonds is 9. The lowest BCUT2D eigenvalue weighted by Gasteiger charge is -2.23. The fourth-order valence-corrected chi connectivity index (χ4v) is 2.65. The van der Waals surface area contributed by atoms with Crippen molar-refractivity contribution in [2.45, 2.75) is 24.8 Å². The lowest BCUT2D eigenvalue weighted by atomic mass is 9.85. The van der Waals surface area contributed by atoms with Crippen molar-refractivity contribution >= 4 is 17.5 Å². The van der Waals surface area contributed by atoms with E-state index in [1.165, 1.54) is 24.3 Å². The van der Waals surface area contributed by atoms with Gasteiger partial charge in [0.05, 0.1) is 0 Å². The highest BCUT2D eigenvalue weighted by atomic mass is 16.4. The van der Waals surface area contributed by atoms with Gasteiger partial charge in [-0.15, -0.1) is 0 Å². The molecule has 0 spiro atoms. The van der Waals surface area contributed by atoms with Crippen molar-refractivity contribution in [1.82, 2.24) is 0 Å². The Balaban J connectivity index is 2.21. The quantitative estimate of drug-likeness (QED) is 0.359. The molecule has 0 aromatic heterocycles. The van der Waals surface area contributed by atoms with Crippen molar-refractivity contribution in [2.75, 3.05) is 6.54 Å². The van der Waals surface area contributed by atoms with Crippen LogP contribution in [-0.4, -0.2) is 34.7 Å². The molecule has 0 amide bonds. The number of benzene rings is 2. The van der Waals surface area contributed by atoms with Gasteiger partial charge in [0.25, 0.3) is 0 Å². The van der Waals surface area contributed by atoms with Gasteiger partial charge < -0.3 is 16.6 Å². The standard InChI is InChI=1S/C20H22N2O4/c21-13-5-4-12-20(22,19(25)26)18(24)16-10-8-15(9-11-16)17(23)14-6-2-1-3-7-14/h1-3,6-11H,4-5,12-13,21-22H2,(H,25,26)/t20-/m0/s1. The Morgan fingerprint density at radius 3 is 1.92 bits per heavy atom. The molecule has 2 rings (SSSR count). The minimum Gasteiger partial charge on any atom is -0.480 e. The maximum atomic E-state index is 12.6. The highest BCUT2D eigenvalue weighted by molar-refractivity contribution is 6.16. The number of carboxylic acids is 1. The first kappa shape index (κ1) is 19.5. The third kappa shape index (κ3) is 4.22. The van der Waals surface area contributed by atoms with Crippen LogP contribution >= 0.6 is 0 Å². The van der Waals surface area contributed by atoms with Gasteiger partial charge in [0.15, 0.2) is 17.1 Å². The summed E-state index contributed by atoms with van der Waals surface area (Å²) in [6, 6.07) is 14.6. The Morgan fingerprint density at radius 2 is 1.38 bits per heavy atom. The number of ketones is 2. The number of aliphatic carboxylic acids is 1. The van der Waals surface area contributed by atoms with Gasteiger partial charge in [0.2, 0.25) is 0 Å². The van der Waals surface area contributed by atoms with Crippen LogP contribution in [0.25, 0.3) is 0 Å². The first-order valence-electron chi connectivity index (χ1n) is 8.37. The summed E-state index contributed by atoms with van der Waals surface area (Å²) in [6.45, 7) is 0.403. The molecule has 0 aliphatic carbocycles. The molecule has 2 aromatic rings. The first-order valence-corrected chi connectivity index (χ1v) is 8.37. The summed E-state index contributed by atoms with van der Waals surface area (Å²) >= 11 is 0. The summed E-state index contributed by atoms with van der Waals surface area (Å²) < 4.78 is 0. The van der Waals surface area contributed by atoms with E-state index in [1.54, 1.807) is 24.3 Å². The molecule has 6 nitrogen and oxygen atoms in total. The molecule has 0 fully saturated rings. The average molecular weight is 354 g/mol. The molecule has 0 saturated heterocycles. The monoisotopic (exact) mass is 354 g/mol. The molecule has 26 heavy (non-hydrogen) atoms. The fraction of sp³-hybridized carbons (Fsp3) is 0.250. The number of Topliss-reactive ketones (excluding diaryl/α,β-unsaturated/α-hetero) is 1. The van der Waals surface area contributed by atoms with Crippen LogP contribution in [0.3, 0.4) is 0 Å². The molecule has 0 radical (unpaired) electrons. The molecule has 0 aliphatic heterocycles. The topological polar surface area (TPSA) is 123 Å². The average Bonchev–Trinajstić information content (AvgIpc) is 2.67.